The van der Waals surface area contributed by atoms with Crippen molar-refractivity contribution in [3.63, 3.8) is 0 Å². The highest BCUT2D eigenvalue weighted by atomic mass is 79.9. The van der Waals surface area contributed by atoms with E-state index in [-0.39, 0.29) is 17.0 Å². The summed E-state index contributed by atoms with van der Waals surface area (Å²) in [5, 5.41) is 0. The maximum absolute atomic E-state index is 12.1. The van der Waals surface area contributed by atoms with Crippen molar-refractivity contribution in [1.29, 1.82) is 0 Å². The summed E-state index contributed by atoms with van der Waals surface area (Å²) >= 11 is 3.27. The lowest BCUT2D eigenvalue weighted by molar-refractivity contribution is 0.0846. The molecule has 0 aliphatic heterocycles. The SMILES string of the molecule is CCS(=O)(=O)Nc1cccc(C(=O)NNC(=O)c2ccc(Br)cc2)c1. The van der Waals surface area contributed by atoms with Crippen molar-refractivity contribution in [2.75, 3.05) is 10.5 Å². The van der Waals surface area contributed by atoms with E-state index in [0.717, 1.165) is 4.47 Å². The summed E-state index contributed by atoms with van der Waals surface area (Å²) in [5.74, 6) is -1.11. The number of hydrazine groups is 1. The third-order valence-electron chi connectivity index (χ3n) is 3.17. The van der Waals surface area contributed by atoms with Crippen LogP contribution in [0.5, 0.6) is 0 Å². The number of sulfonamides is 1. The molecule has 0 radical (unpaired) electrons. The number of nitrogens with one attached hydrogen (secondary N) is 3. The molecule has 132 valence electrons. The molecule has 2 aromatic rings. The molecular weight excluding hydrogens is 410 g/mol. The van der Waals surface area contributed by atoms with Gasteiger partial charge in [-0.3, -0.25) is 25.2 Å². The third-order valence-corrected chi connectivity index (χ3v) is 5.01. The molecule has 2 aromatic carbocycles. The number of amides is 2. The largest absolute Gasteiger partial charge is 0.284 e. The first-order chi connectivity index (χ1) is 11.8. The standard InChI is InChI=1S/C16H16BrN3O4S/c1-2-25(23,24)20-14-5-3-4-12(10-14)16(22)19-18-15(21)11-6-8-13(17)9-7-11/h3-10,20H,2H2,1H3,(H,18,21)(H,19,22). The highest BCUT2D eigenvalue weighted by Gasteiger charge is 2.11. The van der Waals surface area contributed by atoms with E-state index in [0.29, 0.717) is 5.56 Å². The van der Waals surface area contributed by atoms with Gasteiger partial charge in [-0.25, -0.2) is 8.42 Å². The minimum Gasteiger partial charge on any atom is -0.284 e. The van der Waals surface area contributed by atoms with Crippen LogP contribution >= 0.6 is 15.9 Å². The summed E-state index contributed by atoms with van der Waals surface area (Å²) in [6.07, 6.45) is 0. The minimum atomic E-state index is -3.44. The fourth-order valence-electron chi connectivity index (χ4n) is 1.83. The molecule has 0 heterocycles. The van der Waals surface area contributed by atoms with Crippen LogP contribution in [0.1, 0.15) is 27.6 Å². The number of hydrogen-bond donors (Lipinski definition) is 3. The van der Waals surface area contributed by atoms with Gasteiger partial charge in [0.15, 0.2) is 0 Å². The van der Waals surface area contributed by atoms with Gasteiger partial charge in [-0.2, -0.15) is 0 Å². The molecule has 0 bridgehead atoms. The highest BCUT2D eigenvalue weighted by Crippen LogP contribution is 2.13. The number of carbonyl (C=O) groups excluding carboxylic acids is 2. The van der Waals surface area contributed by atoms with Gasteiger partial charge in [0.2, 0.25) is 10.0 Å². The first-order valence-electron chi connectivity index (χ1n) is 7.27. The number of carbonyl (C=O) groups is 2. The Bertz CT molecular complexity index is 883. The quantitative estimate of drug-likeness (QED) is 0.639. The Morgan fingerprint density at radius 3 is 2.16 bits per heavy atom. The van der Waals surface area contributed by atoms with E-state index in [4.69, 9.17) is 0 Å². The van der Waals surface area contributed by atoms with E-state index in [9.17, 15) is 18.0 Å². The van der Waals surface area contributed by atoms with Gasteiger partial charge in [-0.1, -0.05) is 22.0 Å². The van der Waals surface area contributed by atoms with Crippen molar-refractivity contribution in [3.8, 4) is 0 Å². The van der Waals surface area contributed by atoms with Gasteiger partial charge in [0.1, 0.15) is 0 Å². The molecule has 0 aliphatic carbocycles. The Morgan fingerprint density at radius 2 is 1.56 bits per heavy atom. The summed E-state index contributed by atoms with van der Waals surface area (Å²) in [5.41, 5.74) is 5.45. The lowest BCUT2D eigenvalue weighted by Gasteiger charge is -2.10. The zero-order valence-electron chi connectivity index (χ0n) is 13.2. The summed E-state index contributed by atoms with van der Waals surface area (Å²) in [7, 11) is -3.44. The number of halogens is 1. The van der Waals surface area contributed by atoms with Gasteiger partial charge in [-0.05, 0) is 49.4 Å². The van der Waals surface area contributed by atoms with Crippen LogP contribution in [0.15, 0.2) is 53.0 Å². The predicted molar refractivity (Wildman–Crippen MR) is 98.6 cm³/mol. The molecule has 0 spiro atoms. The van der Waals surface area contributed by atoms with E-state index < -0.39 is 21.8 Å². The number of anilines is 1. The molecule has 0 aromatic heterocycles. The van der Waals surface area contributed by atoms with E-state index in [1.807, 2.05) is 0 Å². The van der Waals surface area contributed by atoms with E-state index in [1.54, 1.807) is 30.3 Å². The first-order valence-corrected chi connectivity index (χ1v) is 9.72. The van der Waals surface area contributed by atoms with Crippen LogP contribution in [-0.2, 0) is 10.0 Å². The van der Waals surface area contributed by atoms with Crippen molar-refractivity contribution >= 4 is 43.5 Å². The van der Waals surface area contributed by atoms with E-state index in [2.05, 4.69) is 31.5 Å². The Balaban J connectivity index is 2.01. The third kappa shape index (κ3) is 5.57. The van der Waals surface area contributed by atoms with Gasteiger partial charge in [-0.15, -0.1) is 0 Å². The molecule has 7 nitrogen and oxygen atoms in total. The van der Waals surface area contributed by atoms with Gasteiger partial charge >= 0.3 is 0 Å². The fraction of sp³-hybridized carbons (Fsp3) is 0.125. The molecule has 9 heteroatoms. The maximum atomic E-state index is 12.1. The number of rotatable bonds is 5. The second kappa shape index (κ2) is 8.13. The molecule has 0 aliphatic rings. The summed E-state index contributed by atoms with van der Waals surface area (Å²) in [6, 6.07) is 12.6. The monoisotopic (exact) mass is 425 g/mol. The Labute approximate surface area is 154 Å². The van der Waals surface area contributed by atoms with Crippen LogP contribution in [-0.4, -0.2) is 26.0 Å². The van der Waals surface area contributed by atoms with Crippen molar-refractivity contribution in [3.05, 3.63) is 64.1 Å². The van der Waals surface area contributed by atoms with Crippen LogP contribution < -0.4 is 15.6 Å². The molecule has 25 heavy (non-hydrogen) atoms. The van der Waals surface area contributed by atoms with Crippen LogP contribution in [0.25, 0.3) is 0 Å². The summed E-state index contributed by atoms with van der Waals surface area (Å²) < 4.78 is 26.3. The zero-order chi connectivity index (χ0) is 18.4. The van der Waals surface area contributed by atoms with Gasteiger partial charge in [0.25, 0.3) is 11.8 Å². The average molecular weight is 426 g/mol. The lowest BCUT2D eigenvalue weighted by atomic mass is 10.2. The predicted octanol–water partition coefficient (Wildman–Crippen LogP) is 2.29. The van der Waals surface area contributed by atoms with Crippen molar-refractivity contribution in [2.45, 2.75) is 6.92 Å². The Morgan fingerprint density at radius 1 is 0.960 bits per heavy atom. The van der Waals surface area contributed by atoms with Gasteiger partial charge in [0.05, 0.1) is 5.75 Å². The average Bonchev–Trinajstić information content (AvgIpc) is 2.60. The Kier molecular flexibility index (Phi) is 6.16. The van der Waals surface area contributed by atoms with Crippen molar-refractivity contribution < 1.29 is 18.0 Å². The molecule has 3 N–H and O–H groups in total. The molecule has 2 rings (SSSR count). The molecule has 0 fully saturated rings. The van der Waals surface area contributed by atoms with Crippen LogP contribution in [0, 0.1) is 0 Å². The van der Waals surface area contributed by atoms with Crippen LogP contribution in [0.3, 0.4) is 0 Å². The van der Waals surface area contributed by atoms with Crippen LogP contribution in [0.2, 0.25) is 0 Å². The lowest BCUT2D eigenvalue weighted by Crippen LogP contribution is -2.41. The minimum absolute atomic E-state index is 0.0767. The topological polar surface area (TPSA) is 104 Å². The van der Waals surface area contributed by atoms with Gasteiger partial charge < -0.3 is 0 Å². The Hall–Kier alpha value is -2.39. The van der Waals surface area contributed by atoms with Gasteiger partial charge in [0, 0.05) is 21.3 Å². The second-order valence-electron chi connectivity index (χ2n) is 5.00. The molecular formula is C16H16BrN3O4S. The van der Waals surface area contributed by atoms with E-state index in [1.165, 1.54) is 25.1 Å². The number of benzene rings is 2. The van der Waals surface area contributed by atoms with Crippen molar-refractivity contribution in [1.82, 2.24) is 10.9 Å². The molecule has 0 atom stereocenters. The highest BCUT2D eigenvalue weighted by molar-refractivity contribution is 9.10. The summed E-state index contributed by atoms with van der Waals surface area (Å²) in [6.45, 7) is 1.51. The molecule has 0 saturated heterocycles. The van der Waals surface area contributed by atoms with E-state index >= 15 is 0 Å². The van der Waals surface area contributed by atoms with Crippen LogP contribution in [0.4, 0.5) is 5.69 Å². The maximum Gasteiger partial charge on any atom is 0.269 e. The molecule has 0 saturated carbocycles. The molecule has 2 amide bonds. The fourth-order valence-corrected chi connectivity index (χ4v) is 2.73. The summed E-state index contributed by atoms with van der Waals surface area (Å²) in [4.78, 5) is 24.1. The molecule has 0 unspecified atom stereocenters. The zero-order valence-corrected chi connectivity index (χ0v) is 15.6. The normalized spacial score (nSPS) is 10.8. The first kappa shape index (κ1) is 18.9. The van der Waals surface area contributed by atoms with Crippen molar-refractivity contribution in [2.24, 2.45) is 0 Å². The number of hydrogen-bond acceptors (Lipinski definition) is 4. The second-order valence-corrected chi connectivity index (χ2v) is 7.93. The smallest absolute Gasteiger partial charge is 0.269 e.